The number of hydrogen-bond donors (Lipinski definition) is 7. The summed E-state index contributed by atoms with van der Waals surface area (Å²) in [4.78, 5) is 12.7. The molecule has 0 aromatic heterocycles. The molecule has 2 heterocycles. The van der Waals surface area contributed by atoms with Crippen LogP contribution < -0.4 is 5.32 Å². The summed E-state index contributed by atoms with van der Waals surface area (Å²) in [6, 6.07) is 0. The van der Waals surface area contributed by atoms with E-state index in [2.05, 4.69) is 5.32 Å². The highest BCUT2D eigenvalue weighted by Gasteiger charge is 2.44. The van der Waals surface area contributed by atoms with Crippen LogP contribution in [-0.2, 0) is 14.3 Å². The molecule has 224 valence electrons. The molecular weight excluding hydrogens is 494 g/mol. The maximum absolute atomic E-state index is 12.7. The Morgan fingerprint density at radius 3 is 2.24 bits per heavy atom. The van der Waals surface area contributed by atoms with E-state index in [4.69, 9.17) is 9.47 Å². The second kappa shape index (κ2) is 18.6. The van der Waals surface area contributed by atoms with Crippen LogP contribution in [0.25, 0.3) is 0 Å². The van der Waals surface area contributed by atoms with Crippen LogP contribution in [0.4, 0.5) is 0 Å². The van der Waals surface area contributed by atoms with E-state index >= 15 is 0 Å². The fraction of sp³-hybridized carbons (Fsp3) is 0.964. The Kier molecular flexibility index (Phi) is 16.4. The maximum Gasteiger partial charge on any atom is 0.186 e. The zero-order chi connectivity index (χ0) is 27.9. The van der Waals surface area contributed by atoms with Crippen molar-refractivity contribution in [1.29, 1.82) is 0 Å². The lowest BCUT2D eigenvalue weighted by atomic mass is 9.90. The lowest BCUT2D eigenvalue weighted by Crippen LogP contribution is -2.59. The summed E-state index contributed by atoms with van der Waals surface area (Å²) in [6.07, 6.45) is 3.15. The van der Waals surface area contributed by atoms with Gasteiger partial charge in [-0.25, -0.2) is 0 Å². The number of carbonyl (C=O) groups is 1. The van der Waals surface area contributed by atoms with E-state index in [9.17, 15) is 35.4 Å². The van der Waals surface area contributed by atoms with Crippen molar-refractivity contribution >= 4 is 5.78 Å². The van der Waals surface area contributed by atoms with Gasteiger partial charge in [0, 0.05) is 18.8 Å². The number of rotatable bonds is 20. The molecular formula is C28H53NO9. The molecule has 0 radical (unpaired) electrons. The van der Waals surface area contributed by atoms with Crippen LogP contribution in [0.5, 0.6) is 0 Å². The van der Waals surface area contributed by atoms with Crippen molar-refractivity contribution in [3.8, 4) is 0 Å². The third kappa shape index (κ3) is 11.4. The predicted octanol–water partition coefficient (Wildman–Crippen LogP) is 1.02. The first-order chi connectivity index (χ1) is 18.3. The Balaban J connectivity index is 1.66. The van der Waals surface area contributed by atoms with Crippen LogP contribution >= 0.6 is 0 Å². The molecule has 2 saturated heterocycles. The molecule has 0 spiro atoms. The van der Waals surface area contributed by atoms with Crippen molar-refractivity contribution in [3.05, 3.63) is 0 Å². The molecule has 2 aliphatic heterocycles. The Hall–Kier alpha value is -0.690. The number of ketones is 1. The number of carbonyl (C=O) groups excluding carboxylic acids is 1. The zero-order valence-corrected chi connectivity index (χ0v) is 23.1. The number of aliphatic hydroxyl groups is 6. The summed E-state index contributed by atoms with van der Waals surface area (Å²) in [5, 5.41) is 63.6. The molecule has 0 bridgehead atoms. The van der Waals surface area contributed by atoms with Crippen LogP contribution in [0.3, 0.4) is 0 Å². The Bertz CT molecular complexity index is 631. The molecule has 0 aliphatic carbocycles. The van der Waals surface area contributed by atoms with Gasteiger partial charge in [0.2, 0.25) is 0 Å². The number of Topliss-reactive ketones (excluding diaryl/α,β-unsaturated/α-hetero) is 1. The van der Waals surface area contributed by atoms with Gasteiger partial charge in [0.1, 0.15) is 30.2 Å². The smallest absolute Gasteiger partial charge is 0.186 e. The minimum absolute atomic E-state index is 0.00611. The molecule has 10 nitrogen and oxygen atoms in total. The number of ether oxygens (including phenoxy) is 2. The van der Waals surface area contributed by atoms with Crippen molar-refractivity contribution in [2.24, 2.45) is 11.8 Å². The first-order valence-electron chi connectivity index (χ1n) is 14.8. The highest BCUT2D eigenvalue weighted by molar-refractivity contribution is 5.78. The van der Waals surface area contributed by atoms with Crippen molar-refractivity contribution < 1.29 is 44.9 Å². The fourth-order valence-electron chi connectivity index (χ4n) is 5.43. The fourth-order valence-corrected chi connectivity index (χ4v) is 5.43. The average Bonchev–Trinajstić information content (AvgIpc) is 3.44. The van der Waals surface area contributed by atoms with Gasteiger partial charge in [0.25, 0.3) is 0 Å². The first kappa shape index (κ1) is 33.5. The van der Waals surface area contributed by atoms with Crippen LogP contribution in [-0.4, -0.2) is 106 Å². The molecule has 2 aliphatic rings. The van der Waals surface area contributed by atoms with Gasteiger partial charge in [-0.05, 0) is 44.7 Å². The van der Waals surface area contributed by atoms with E-state index in [0.717, 1.165) is 25.2 Å². The molecule has 9 atom stereocenters. The molecule has 0 aromatic rings. The summed E-state index contributed by atoms with van der Waals surface area (Å²) < 4.78 is 10.9. The standard InChI is InChI=1S/C28H53NO9/c1-2-22(32)24(33)20(18-37-28-27(36)26(35)25(34)23(17-30)38-28)15-21(31)12-10-8-6-4-3-5-7-9-11-19-13-14-29-16-19/h19-20,22-30,32-36H,2-18H2,1H3/t19?,20-,22+,23?,24-,25?,26?,27?,28?/m0/s1. The molecule has 0 saturated carbocycles. The minimum atomic E-state index is -1.58. The van der Waals surface area contributed by atoms with Crippen molar-refractivity contribution in [1.82, 2.24) is 5.32 Å². The van der Waals surface area contributed by atoms with E-state index in [0.29, 0.717) is 12.8 Å². The van der Waals surface area contributed by atoms with E-state index in [1.807, 2.05) is 0 Å². The van der Waals surface area contributed by atoms with Gasteiger partial charge in [0.05, 0.1) is 25.4 Å². The molecule has 0 aromatic carbocycles. The first-order valence-corrected chi connectivity index (χ1v) is 14.8. The normalized spacial score (nSPS) is 30.3. The largest absolute Gasteiger partial charge is 0.394 e. The lowest BCUT2D eigenvalue weighted by molar-refractivity contribution is -0.304. The van der Waals surface area contributed by atoms with E-state index in [1.54, 1.807) is 6.92 Å². The average molecular weight is 548 g/mol. The second-order valence-corrected chi connectivity index (χ2v) is 11.2. The van der Waals surface area contributed by atoms with E-state index in [-0.39, 0.29) is 18.8 Å². The van der Waals surface area contributed by atoms with Gasteiger partial charge < -0.3 is 45.4 Å². The quantitative estimate of drug-likeness (QED) is 0.109. The van der Waals surface area contributed by atoms with Gasteiger partial charge in [-0.2, -0.15) is 0 Å². The van der Waals surface area contributed by atoms with Gasteiger partial charge in [-0.3, -0.25) is 4.79 Å². The predicted molar refractivity (Wildman–Crippen MR) is 142 cm³/mol. The number of aliphatic hydroxyl groups excluding tert-OH is 6. The van der Waals surface area contributed by atoms with Crippen LogP contribution in [0.1, 0.15) is 90.4 Å². The monoisotopic (exact) mass is 547 g/mol. The summed E-state index contributed by atoms with van der Waals surface area (Å²) in [5.41, 5.74) is 0. The summed E-state index contributed by atoms with van der Waals surface area (Å²) >= 11 is 0. The topological polar surface area (TPSA) is 169 Å². The molecule has 0 amide bonds. The zero-order valence-electron chi connectivity index (χ0n) is 23.1. The highest BCUT2D eigenvalue weighted by atomic mass is 16.7. The van der Waals surface area contributed by atoms with Gasteiger partial charge in [-0.15, -0.1) is 0 Å². The number of unbranched alkanes of at least 4 members (excludes halogenated alkanes) is 7. The van der Waals surface area contributed by atoms with Crippen LogP contribution in [0.2, 0.25) is 0 Å². The third-order valence-electron chi connectivity index (χ3n) is 8.09. The van der Waals surface area contributed by atoms with Crippen molar-refractivity contribution in [2.75, 3.05) is 26.3 Å². The van der Waals surface area contributed by atoms with Crippen molar-refractivity contribution in [2.45, 2.75) is 133 Å². The number of hydrogen-bond acceptors (Lipinski definition) is 10. The van der Waals surface area contributed by atoms with Crippen LogP contribution in [0, 0.1) is 11.8 Å². The van der Waals surface area contributed by atoms with Crippen LogP contribution in [0.15, 0.2) is 0 Å². The molecule has 2 fully saturated rings. The molecule has 2 rings (SSSR count). The van der Waals surface area contributed by atoms with E-state index < -0.39 is 55.4 Å². The van der Waals surface area contributed by atoms with Crippen molar-refractivity contribution in [3.63, 3.8) is 0 Å². The molecule has 10 heteroatoms. The lowest BCUT2D eigenvalue weighted by Gasteiger charge is -2.40. The summed E-state index contributed by atoms with van der Waals surface area (Å²) in [7, 11) is 0. The Morgan fingerprint density at radius 1 is 0.974 bits per heavy atom. The van der Waals surface area contributed by atoms with Gasteiger partial charge in [0.15, 0.2) is 6.29 Å². The Labute approximate surface area is 227 Å². The molecule has 6 unspecified atom stereocenters. The molecule has 38 heavy (non-hydrogen) atoms. The maximum atomic E-state index is 12.7. The Morgan fingerprint density at radius 2 is 1.63 bits per heavy atom. The SMILES string of the molecule is CC[C@@H](O)[C@@H](O)[C@H](COC1OC(CO)C(O)C(O)C1O)CC(=O)CCCCCCCCCCC1CCNC1. The third-order valence-corrected chi connectivity index (χ3v) is 8.09. The summed E-state index contributed by atoms with van der Waals surface area (Å²) in [5.74, 6) is 0.110. The van der Waals surface area contributed by atoms with Gasteiger partial charge in [-0.1, -0.05) is 51.9 Å². The highest BCUT2D eigenvalue weighted by Crippen LogP contribution is 2.25. The molecule has 7 N–H and O–H groups in total. The summed E-state index contributed by atoms with van der Waals surface area (Å²) in [6.45, 7) is 3.29. The number of nitrogens with one attached hydrogen (secondary N) is 1. The second-order valence-electron chi connectivity index (χ2n) is 11.2. The van der Waals surface area contributed by atoms with Gasteiger partial charge >= 0.3 is 0 Å². The van der Waals surface area contributed by atoms with E-state index in [1.165, 1.54) is 58.0 Å². The minimum Gasteiger partial charge on any atom is -0.394 e.